The molecule has 0 spiro atoms. The number of imidazole rings is 1. The van der Waals surface area contributed by atoms with Crippen molar-refractivity contribution < 1.29 is 4.79 Å². The van der Waals surface area contributed by atoms with Crippen LogP contribution in [0.1, 0.15) is 22.8 Å². The van der Waals surface area contributed by atoms with E-state index in [1.807, 2.05) is 18.2 Å². The Labute approximate surface area is 128 Å². The Kier molecular flexibility index (Phi) is 2.96. The quantitative estimate of drug-likeness (QED) is 0.789. The highest BCUT2D eigenvalue weighted by Crippen LogP contribution is 2.28. The lowest BCUT2D eigenvalue weighted by molar-refractivity contribution is 0.0956. The van der Waals surface area contributed by atoms with Gasteiger partial charge in [-0.15, -0.1) is 0 Å². The fraction of sp³-hybridized carbons (Fsp3) is 0.222. The van der Waals surface area contributed by atoms with Gasteiger partial charge in [0.15, 0.2) is 0 Å². The van der Waals surface area contributed by atoms with Crippen LogP contribution >= 0.6 is 0 Å². The number of para-hydroxylation sites is 1. The predicted molar refractivity (Wildman–Crippen MR) is 86.9 cm³/mol. The third-order valence-corrected chi connectivity index (χ3v) is 4.23. The van der Waals surface area contributed by atoms with E-state index in [4.69, 9.17) is 4.98 Å². The van der Waals surface area contributed by atoms with Crippen LogP contribution in [0.5, 0.6) is 0 Å². The van der Waals surface area contributed by atoms with E-state index in [0.29, 0.717) is 12.1 Å². The average Bonchev–Trinajstić information content (AvgIpc) is 2.84. The molecule has 4 rings (SSSR count). The van der Waals surface area contributed by atoms with Crippen LogP contribution in [0.15, 0.2) is 42.5 Å². The van der Waals surface area contributed by atoms with Crippen molar-refractivity contribution >= 4 is 16.9 Å². The number of rotatable bonds is 2. The van der Waals surface area contributed by atoms with Crippen LogP contribution in [0.3, 0.4) is 0 Å². The molecular weight excluding hydrogens is 274 g/mol. The largest absolute Gasteiger partial charge is 0.350 e. The number of hydrogen-bond acceptors (Lipinski definition) is 2. The molecule has 1 aliphatic rings. The minimum Gasteiger partial charge on any atom is -0.350 e. The van der Waals surface area contributed by atoms with Crippen molar-refractivity contribution in [3.8, 4) is 11.4 Å². The lowest BCUT2D eigenvalue weighted by Gasteiger charge is -2.08. The number of nitrogens with zero attached hydrogens (tertiary/aromatic N) is 2. The van der Waals surface area contributed by atoms with E-state index in [1.165, 1.54) is 5.56 Å². The zero-order chi connectivity index (χ0) is 15.1. The second-order valence-corrected chi connectivity index (χ2v) is 5.57. The Balaban J connectivity index is 2.01. The van der Waals surface area contributed by atoms with Crippen LogP contribution in [-0.2, 0) is 13.0 Å². The molecule has 0 atom stereocenters. The minimum absolute atomic E-state index is 0.0156. The van der Waals surface area contributed by atoms with E-state index in [0.717, 1.165) is 35.4 Å². The van der Waals surface area contributed by atoms with Crippen molar-refractivity contribution in [1.29, 1.82) is 0 Å². The Morgan fingerprint density at radius 2 is 2.09 bits per heavy atom. The molecule has 4 nitrogen and oxygen atoms in total. The zero-order valence-electron chi connectivity index (χ0n) is 12.5. The highest BCUT2D eigenvalue weighted by atomic mass is 16.1. The number of hydrogen-bond donors (Lipinski definition) is 1. The molecule has 4 heteroatoms. The number of benzene rings is 2. The first kappa shape index (κ1) is 13.1. The van der Waals surface area contributed by atoms with E-state index >= 15 is 0 Å². The summed E-state index contributed by atoms with van der Waals surface area (Å²) >= 11 is 0. The molecule has 2 aromatic carbocycles. The van der Waals surface area contributed by atoms with Gasteiger partial charge in [0, 0.05) is 18.7 Å². The molecule has 0 saturated heterocycles. The summed E-state index contributed by atoms with van der Waals surface area (Å²) in [7, 11) is 0. The van der Waals surface area contributed by atoms with Gasteiger partial charge in [0.05, 0.1) is 16.6 Å². The summed E-state index contributed by atoms with van der Waals surface area (Å²) in [4.78, 5) is 17.0. The SMILES string of the molecule is CCc1cccc(-c2nc3cccc4c3n2CCNC4=O)c1. The van der Waals surface area contributed by atoms with Gasteiger partial charge in [-0.25, -0.2) is 4.98 Å². The average molecular weight is 291 g/mol. The molecule has 0 radical (unpaired) electrons. The van der Waals surface area contributed by atoms with E-state index in [2.05, 4.69) is 41.1 Å². The number of aromatic nitrogens is 2. The Bertz CT molecular complexity index is 879. The number of nitrogens with one attached hydrogen (secondary N) is 1. The van der Waals surface area contributed by atoms with Crippen molar-refractivity contribution in [2.24, 2.45) is 0 Å². The van der Waals surface area contributed by atoms with Gasteiger partial charge in [-0.05, 0) is 30.2 Å². The predicted octanol–water partition coefficient (Wildman–Crippen LogP) is 3.01. The molecule has 3 aromatic rings. The fourth-order valence-corrected chi connectivity index (χ4v) is 3.11. The summed E-state index contributed by atoms with van der Waals surface area (Å²) < 4.78 is 2.16. The molecule has 1 aliphatic heterocycles. The molecular formula is C18H17N3O. The Morgan fingerprint density at radius 1 is 1.23 bits per heavy atom. The molecule has 2 heterocycles. The maximum Gasteiger partial charge on any atom is 0.253 e. The third-order valence-electron chi connectivity index (χ3n) is 4.23. The molecule has 0 bridgehead atoms. The van der Waals surface area contributed by atoms with E-state index in [9.17, 15) is 4.79 Å². The van der Waals surface area contributed by atoms with Crippen LogP contribution in [0.25, 0.3) is 22.4 Å². The molecule has 0 saturated carbocycles. The number of amides is 1. The van der Waals surface area contributed by atoms with Crippen LogP contribution in [0.4, 0.5) is 0 Å². The van der Waals surface area contributed by atoms with Gasteiger partial charge >= 0.3 is 0 Å². The summed E-state index contributed by atoms with van der Waals surface area (Å²) in [6.07, 6.45) is 0.999. The van der Waals surface area contributed by atoms with Gasteiger partial charge in [-0.3, -0.25) is 4.79 Å². The molecule has 1 N–H and O–H groups in total. The molecule has 0 unspecified atom stereocenters. The summed E-state index contributed by atoms with van der Waals surface area (Å²) in [5.74, 6) is 0.923. The highest BCUT2D eigenvalue weighted by Gasteiger charge is 2.21. The Hall–Kier alpha value is -2.62. The summed E-state index contributed by atoms with van der Waals surface area (Å²) in [5, 5.41) is 2.95. The molecule has 22 heavy (non-hydrogen) atoms. The van der Waals surface area contributed by atoms with Gasteiger partial charge in [-0.2, -0.15) is 0 Å². The van der Waals surface area contributed by atoms with Gasteiger partial charge in [0.2, 0.25) is 0 Å². The summed E-state index contributed by atoms with van der Waals surface area (Å²) in [6, 6.07) is 14.2. The Morgan fingerprint density at radius 3 is 2.95 bits per heavy atom. The number of aryl methyl sites for hydroxylation is 1. The standard InChI is InChI=1S/C18H17N3O/c1-2-12-5-3-6-13(11-12)17-20-15-8-4-7-14-16(15)21(17)10-9-19-18(14)22/h3-8,11H,2,9-10H2,1H3,(H,19,22). The molecule has 1 aromatic heterocycles. The van der Waals surface area contributed by atoms with Gasteiger partial charge < -0.3 is 9.88 Å². The van der Waals surface area contributed by atoms with Gasteiger partial charge in [-0.1, -0.05) is 31.2 Å². The lowest BCUT2D eigenvalue weighted by atomic mass is 10.1. The van der Waals surface area contributed by atoms with Crippen LogP contribution in [-0.4, -0.2) is 22.0 Å². The van der Waals surface area contributed by atoms with E-state index < -0.39 is 0 Å². The number of carbonyl (C=O) groups excluding carboxylic acids is 1. The lowest BCUT2D eigenvalue weighted by Crippen LogP contribution is -2.24. The van der Waals surface area contributed by atoms with E-state index in [-0.39, 0.29) is 5.91 Å². The van der Waals surface area contributed by atoms with Crippen LogP contribution < -0.4 is 5.32 Å². The topological polar surface area (TPSA) is 46.9 Å². The maximum absolute atomic E-state index is 12.2. The van der Waals surface area contributed by atoms with E-state index in [1.54, 1.807) is 0 Å². The minimum atomic E-state index is -0.0156. The fourth-order valence-electron chi connectivity index (χ4n) is 3.11. The summed E-state index contributed by atoms with van der Waals surface area (Å²) in [5.41, 5.74) is 4.93. The van der Waals surface area contributed by atoms with Gasteiger partial charge in [0.1, 0.15) is 5.82 Å². The smallest absolute Gasteiger partial charge is 0.253 e. The molecule has 110 valence electrons. The second kappa shape index (κ2) is 4.98. The van der Waals surface area contributed by atoms with Crippen LogP contribution in [0, 0.1) is 0 Å². The van der Waals surface area contributed by atoms with Crippen molar-refractivity contribution in [1.82, 2.24) is 14.9 Å². The van der Waals surface area contributed by atoms with Crippen molar-refractivity contribution in [3.05, 3.63) is 53.6 Å². The van der Waals surface area contributed by atoms with Crippen molar-refractivity contribution in [3.63, 3.8) is 0 Å². The highest BCUT2D eigenvalue weighted by molar-refractivity contribution is 6.06. The normalized spacial score (nSPS) is 14.0. The second-order valence-electron chi connectivity index (χ2n) is 5.57. The maximum atomic E-state index is 12.2. The monoisotopic (exact) mass is 291 g/mol. The van der Waals surface area contributed by atoms with Gasteiger partial charge in [0.25, 0.3) is 5.91 Å². The first-order valence-electron chi connectivity index (χ1n) is 7.64. The first-order valence-corrected chi connectivity index (χ1v) is 7.64. The first-order chi connectivity index (χ1) is 10.8. The van der Waals surface area contributed by atoms with Crippen molar-refractivity contribution in [2.75, 3.05) is 6.54 Å². The van der Waals surface area contributed by atoms with Crippen LogP contribution in [0.2, 0.25) is 0 Å². The zero-order valence-corrected chi connectivity index (χ0v) is 12.5. The molecule has 1 amide bonds. The third kappa shape index (κ3) is 1.91. The molecule has 0 aliphatic carbocycles. The van der Waals surface area contributed by atoms with Crippen molar-refractivity contribution in [2.45, 2.75) is 19.9 Å². The number of carbonyl (C=O) groups is 1. The summed E-state index contributed by atoms with van der Waals surface area (Å²) in [6.45, 7) is 3.52. The molecule has 0 fully saturated rings.